The maximum absolute atomic E-state index is 12.7. The molecule has 1 spiro atoms. The molecule has 2 atom stereocenters. The molecule has 3 rings (SSSR count). The smallest absolute Gasteiger partial charge is 0.328 e. The number of aromatic amines is 1. The number of aliphatic hydroxyl groups is 1. The molecule has 0 saturated carbocycles. The van der Waals surface area contributed by atoms with E-state index < -0.39 is 39.9 Å². The van der Waals surface area contributed by atoms with E-state index in [0.717, 1.165) is 0 Å². The Bertz CT molecular complexity index is 1000. The number of aliphatic carboxylic acids is 1. The summed E-state index contributed by atoms with van der Waals surface area (Å²) in [7, 11) is 0. The SMILES string of the molecule is Cc1cn([C@H]2CC3(CCN(C(=O)CC(C)(C)CC(=O)O)CC3)OC[C@]2(C)O)c(=O)[nH]c1=O. The van der Waals surface area contributed by atoms with Crippen LogP contribution in [0, 0.1) is 12.3 Å². The van der Waals surface area contributed by atoms with E-state index >= 15 is 0 Å². The van der Waals surface area contributed by atoms with E-state index in [1.165, 1.54) is 10.8 Å². The highest BCUT2D eigenvalue weighted by atomic mass is 16.5. The third-order valence-electron chi connectivity index (χ3n) is 6.72. The monoisotopic (exact) mass is 451 g/mol. The molecule has 178 valence electrons. The fourth-order valence-corrected chi connectivity index (χ4v) is 4.75. The molecule has 10 nitrogen and oxygen atoms in total. The molecule has 10 heteroatoms. The third kappa shape index (κ3) is 5.12. The van der Waals surface area contributed by atoms with E-state index in [2.05, 4.69) is 4.98 Å². The molecular formula is C22H33N3O7. The molecule has 0 aliphatic carbocycles. The molecule has 2 aliphatic heterocycles. The van der Waals surface area contributed by atoms with Gasteiger partial charge in [0.15, 0.2) is 0 Å². The van der Waals surface area contributed by atoms with Crippen molar-refractivity contribution < 1.29 is 24.5 Å². The second-order valence-electron chi connectivity index (χ2n) is 10.3. The zero-order valence-electron chi connectivity index (χ0n) is 19.1. The van der Waals surface area contributed by atoms with Gasteiger partial charge in [0.05, 0.1) is 24.7 Å². The molecule has 1 aromatic heterocycles. The van der Waals surface area contributed by atoms with Crippen molar-refractivity contribution in [3.8, 4) is 0 Å². The van der Waals surface area contributed by atoms with Gasteiger partial charge in [-0.1, -0.05) is 13.8 Å². The van der Waals surface area contributed by atoms with E-state index in [9.17, 15) is 24.3 Å². The fourth-order valence-electron chi connectivity index (χ4n) is 4.75. The minimum Gasteiger partial charge on any atom is -0.481 e. The zero-order chi connectivity index (χ0) is 23.9. The molecule has 0 aromatic carbocycles. The Morgan fingerprint density at radius 3 is 2.47 bits per heavy atom. The highest BCUT2D eigenvalue weighted by Crippen LogP contribution is 2.43. The Kier molecular flexibility index (Phi) is 6.41. The molecule has 0 unspecified atom stereocenters. The molecule has 32 heavy (non-hydrogen) atoms. The van der Waals surface area contributed by atoms with Gasteiger partial charge in [-0.15, -0.1) is 0 Å². The number of carbonyl (C=O) groups excluding carboxylic acids is 1. The normalized spacial score (nSPS) is 25.7. The number of hydrogen-bond acceptors (Lipinski definition) is 6. The van der Waals surface area contributed by atoms with Crippen LogP contribution >= 0.6 is 0 Å². The van der Waals surface area contributed by atoms with Crippen molar-refractivity contribution in [2.75, 3.05) is 19.7 Å². The van der Waals surface area contributed by atoms with Gasteiger partial charge in [-0.25, -0.2) is 4.79 Å². The first-order valence-corrected chi connectivity index (χ1v) is 10.9. The largest absolute Gasteiger partial charge is 0.481 e. The van der Waals surface area contributed by atoms with Crippen molar-refractivity contribution in [2.24, 2.45) is 5.41 Å². The Hall–Kier alpha value is -2.46. The maximum Gasteiger partial charge on any atom is 0.328 e. The summed E-state index contributed by atoms with van der Waals surface area (Å²) in [6.45, 7) is 7.69. The lowest BCUT2D eigenvalue weighted by Gasteiger charge is -2.51. The molecule has 3 heterocycles. The van der Waals surface area contributed by atoms with Crippen LogP contribution in [0.4, 0.5) is 0 Å². The lowest BCUT2D eigenvalue weighted by molar-refractivity contribution is -0.202. The molecule has 2 aliphatic rings. The summed E-state index contributed by atoms with van der Waals surface area (Å²) in [5.74, 6) is -1.01. The topological polar surface area (TPSA) is 142 Å². The predicted octanol–water partition coefficient (Wildman–Crippen LogP) is 0.810. The number of aryl methyl sites for hydroxylation is 1. The van der Waals surface area contributed by atoms with Gasteiger partial charge in [-0.2, -0.15) is 0 Å². The van der Waals surface area contributed by atoms with E-state index in [0.29, 0.717) is 37.9 Å². The van der Waals surface area contributed by atoms with Crippen LogP contribution in [0.5, 0.6) is 0 Å². The minimum atomic E-state index is -1.30. The van der Waals surface area contributed by atoms with Crippen LogP contribution in [-0.4, -0.2) is 67.4 Å². The number of hydrogen-bond donors (Lipinski definition) is 3. The first kappa shape index (κ1) is 24.2. The quantitative estimate of drug-likeness (QED) is 0.601. The van der Waals surface area contributed by atoms with Crippen LogP contribution in [0.2, 0.25) is 0 Å². The van der Waals surface area contributed by atoms with Gasteiger partial charge in [0, 0.05) is 37.7 Å². The molecule has 1 amide bonds. The predicted molar refractivity (Wildman–Crippen MR) is 115 cm³/mol. The summed E-state index contributed by atoms with van der Waals surface area (Å²) < 4.78 is 7.48. The minimum absolute atomic E-state index is 0.0296. The number of likely N-dealkylation sites (tertiary alicyclic amines) is 1. The van der Waals surface area contributed by atoms with Crippen LogP contribution in [0.15, 0.2) is 15.8 Å². The van der Waals surface area contributed by atoms with E-state index in [1.54, 1.807) is 32.6 Å². The van der Waals surface area contributed by atoms with Gasteiger partial charge in [0.1, 0.15) is 5.60 Å². The summed E-state index contributed by atoms with van der Waals surface area (Å²) in [5.41, 5.74) is -3.17. The van der Waals surface area contributed by atoms with Gasteiger partial charge in [0.2, 0.25) is 5.91 Å². The summed E-state index contributed by atoms with van der Waals surface area (Å²) >= 11 is 0. The fraction of sp³-hybridized carbons (Fsp3) is 0.727. The first-order valence-electron chi connectivity index (χ1n) is 10.9. The Labute approximate surface area is 186 Å². The van der Waals surface area contributed by atoms with Crippen LogP contribution in [-0.2, 0) is 14.3 Å². The standard InChI is InChI=1S/C22H33N3O7/c1-14-12-25(19(30)23-18(14)29)15-9-22(32-13-21(15,4)31)5-7-24(8-6-22)16(26)10-20(2,3)11-17(27)28/h12,15,31H,5-11,13H2,1-4H3,(H,27,28)(H,23,29,30)/t15-,21-/m0/s1. The van der Waals surface area contributed by atoms with Crippen LogP contribution < -0.4 is 11.2 Å². The summed E-state index contributed by atoms with van der Waals surface area (Å²) in [4.78, 5) is 52.0. The Balaban J connectivity index is 1.72. The first-order chi connectivity index (χ1) is 14.7. The van der Waals surface area contributed by atoms with E-state index in [1.807, 2.05) is 0 Å². The number of rotatable bonds is 5. The number of piperidine rings is 1. The van der Waals surface area contributed by atoms with Crippen molar-refractivity contribution in [3.63, 3.8) is 0 Å². The zero-order valence-corrected chi connectivity index (χ0v) is 19.1. The average Bonchev–Trinajstić information content (AvgIpc) is 2.66. The maximum atomic E-state index is 12.7. The lowest BCUT2D eigenvalue weighted by atomic mass is 9.77. The molecule has 0 bridgehead atoms. The van der Waals surface area contributed by atoms with E-state index in [-0.39, 0.29) is 25.4 Å². The number of carbonyl (C=O) groups is 2. The lowest BCUT2D eigenvalue weighted by Crippen LogP contribution is -2.59. The number of nitrogens with zero attached hydrogens (tertiary/aromatic N) is 2. The Morgan fingerprint density at radius 1 is 1.25 bits per heavy atom. The molecule has 0 radical (unpaired) electrons. The number of H-pyrrole nitrogens is 1. The van der Waals surface area contributed by atoms with E-state index in [4.69, 9.17) is 9.84 Å². The number of aromatic nitrogens is 2. The highest BCUT2D eigenvalue weighted by molar-refractivity contribution is 5.78. The number of carboxylic acids is 1. The highest BCUT2D eigenvalue weighted by Gasteiger charge is 2.50. The molecular weight excluding hydrogens is 418 g/mol. The van der Waals surface area contributed by atoms with Crippen LogP contribution in [0.3, 0.4) is 0 Å². The summed E-state index contributed by atoms with van der Waals surface area (Å²) in [6, 6.07) is -0.587. The van der Waals surface area contributed by atoms with Crippen LogP contribution in [0.25, 0.3) is 0 Å². The van der Waals surface area contributed by atoms with Crippen LogP contribution in [0.1, 0.15) is 64.5 Å². The van der Waals surface area contributed by atoms with Crippen molar-refractivity contribution >= 4 is 11.9 Å². The average molecular weight is 452 g/mol. The number of carboxylic acid groups (broad SMARTS) is 1. The summed E-state index contributed by atoms with van der Waals surface area (Å²) in [6.07, 6.45) is 3.00. The second-order valence-corrected chi connectivity index (χ2v) is 10.3. The van der Waals surface area contributed by atoms with Crippen molar-refractivity contribution in [2.45, 2.75) is 77.0 Å². The van der Waals surface area contributed by atoms with Crippen molar-refractivity contribution in [1.82, 2.24) is 14.5 Å². The van der Waals surface area contributed by atoms with Gasteiger partial charge in [-0.3, -0.25) is 23.9 Å². The van der Waals surface area contributed by atoms with Gasteiger partial charge >= 0.3 is 11.7 Å². The number of ether oxygens (including phenoxy) is 1. The van der Waals surface area contributed by atoms with Gasteiger partial charge in [-0.05, 0) is 32.1 Å². The molecule has 2 fully saturated rings. The van der Waals surface area contributed by atoms with Gasteiger partial charge < -0.3 is 19.8 Å². The number of nitrogens with one attached hydrogen (secondary N) is 1. The number of amides is 1. The van der Waals surface area contributed by atoms with Crippen molar-refractivity contribution in [1.29, 1.82) is 0 Å². The molecule has 3 N–H and O–H groups in total. The molecule has 1 aromatic rings. The third-order valence-corrected chi connectivity index (χ3v) is 6.72. The van der Waals surface area contributed by atoms with Crippen molar-refractivity contribution in [3.05, 3.63) is 32.6 Å². The second kappa shape index (κ2) is 8.47. The van der Waals surface area contributed by atoms with Gasteiger partial charge in [0.25, 0.3) is 5.56 Å². The molecule has 2 saturated heterocycles. The Morgan fingerprint density at radius 2 is 1.88 bits per heavy atom. The summed E-state index contributed by atoms with van der Waals surface area (Å²) in [5, 5.41) is 20.0.